The fraction of sp³-hybridized carbons (Fsp3) is 0.250. The van der Waals surface area contributed by atoms with Gasteiger partial charge in [0.25, 0.3) is 0 Å². The molecule has 4 rings (SSSR count). The van der Waals surface area contributed by atoms with Gasteiger partial charge in [-0.1, -0.05) is 27.7 Å². The van der Waals surface area contributed by atoms with Crippen molar-refractivity contribution >= 4 is 0 Å². The van der Waals surface area contributed by atoms with Gasteiger partial charge in [0.05, 0.1) is 11.4 Å². The maximum absolute atomic E-state index is 14.2. The number of hydrogen-bond acceptors (Lipinski definition) is 2. The first-order valence-electron chi connectivity index (χ1n) is 9.87. The van der Waals surface area contributed by atoms with E-state index >= 15 is 0 Å². The molecule has 0 atom stereocenters. The third-order valence-corrected chi connectivity index (χ3v) is 6.15. The number of rotatable bonds is 5. The molecule has 174 valence electrons. The molecule has 0 saturated carbocycles. The van der Waals surface area contributed by atoms with Gasteiger partial charge in [-0.2, -0.15) is 22.3 Å². The van der Waals surface area contributed by atoms with Crippen molar-refractivity contribution < 1.29 is 38.6 Å². The van der Waals surface area contributed by atoms with Crippen LogP contribution < -0.4 is 0 Å². The fourth-order valence-electron chi connectivity index (χ4n) is 3.43. The minimum atomic E-state index is -0.770. The molecule has 0 amide bonds. The summed E-state index contributed by atoms with van der Waals surface area (Å²) in [4.78, 5) is 0. The van der Waals surface area contributed by atoms with Gasteiger partial charge in [0, 0.05) is 46.5 Å². The first kappa shape index (κ1) is 24.9. The molecule has 0 unspecified atom stereocenters. The molecular weight excluding hydrogens is 615 g/mol. The molecule has 0 bridgehead atoms. The maximum Gasteiger partial charge on any atom is 2.00 e. The van der Waals surface area contributed by atoms with Crippen LogP contribution in [0.1, 0.15) is 39.1 Å². The van der Waals surface area contributed by atoms with Gasteiger partial charge < -0.3 is 0 Å². The quantitative estimate of drug-likeness (QED) is 0.216. The Kier molecular flexibility index (Phi) is 6.71. The molecule has 2 aromatic heterocycles. The molecule has 0 spiro atoms. The van der Waals surface area contributed by atoms with E-state index in [4.69, 9.17) is 0 Å². The van der Waals surface area contributed by atoms with Crippen LogP contribution in [-0.4, -0.2) is 19.6 Å². The summed E-state index contributed by atoms with van der Waals surface area (Å²) in [6.07, 6.45) is 3.17. The average molecular weight is 636 g/mol. The van der Waals surface area contributed by atoms with Gasteiger partial charge >= 0.3 is 21.1 Å². The van der Waals surface area contributed by atoms with Crippen molar-refractivity contribution in [1.82, 2.24) is 19.6 Å². The van der Waals surface area contributed by atoms with Crippen molar-refractivity contribution in [1.29, 1.82) is 0 Å². The molecule has 4 aromatic rings. The van der Waals surface area contributed by atoms with E-state index in [0.29, 0.717) is 11.4 Å². The van der Waals surface area contributed by atoms with E-state index in [1.54, 1.807) is 24.5 Å². The predicted octanol–water partition coefficient (Wildman–Crippen LogP) is 5.47. The van der Waals surface area contributed by atoms with Gasteiger partial charge in [0.1, 0.15) is 0 Å². The molecule has 0 saturated heterocycles. The summed E-state index contributed by atoms with van der Waals surface area (Å²) in [5.41, 5.74) is 0.121. The molecule has 9 heteroatoms. The monoisotopic (exact) mass is 635 g/mol. The Balaban J connectivity index is 0.00000306. The number of halogens is 4. The fourth-order valence-corrected chi connectivity index (χ4v) is 3.43. The zero-order chi connectivity index (χ0) is 23.3. The summed E-state index contributed by atoms with van der Waals surface area (Å²) in [6, 6.07) is 12.3. The van der Waals surface area contributed by atoms with Crippen LogP contribution >= 0.6 is 0 Å². The smallest absolute Gasteiger partial charge is 0.284 e. The average Bonchev–Trinajstić information content (AvgIpc) is 3.38. The van der Waals surface area contributed by atoms with Crippen molar-refractivity contribution in [3.63, 3.8) is 0 Å². The van der Waals surface area contributed by atoms with Crippen molar-refractivity contribution in [3.05, 3.63) is 95.6 Å². The molecule has 33 heavy (non-hydrogen) atoms. The number of benzene rings is 2. The Morgan fingerprint density at radius 1 is 0.697 bits per heavy atom. The molecule has 0 aliphatic heterocycles. The van der Waals surface area contributed by atoms with E-state index in [1.165, 1.54) is 9.36 Å². The summed E-state index contributed by atoms with van der Waals surface area (Å²) >= 11 is 0. The zero-order valence-corrected chi connectivity index (χ0v) is 20.5. The van der Waals surface area contributed by atoms with E-state index < -0.39 is 34.1 Å². The summed E-state index contributed by atoms with van der Waals surface area (Å²) in [7, 11) is 0. The molecule has 0 radical (unpaired) electrons. The third kappa shape index (κ3) is 4.41. The second kappa shape index (κ2) is 8.90. The largest absolute Gasteiger partial charge is 2.00 e. The van der Waals surface area contributed by atoms with Crippen molar-refractivity contribution in [2.24, 2.45) is 0 Å². The number of hydrogen-bond donors (Lipinski definition) is 0. The van der Waals surface area contributed by atoms with E-state index in [2.05, 4.69) is 22.3 Å². The normalized spacial score (nSPS) is 12.0. The van der Waals surface area contributed by atoms with Gasteiger partial charge in [-0.05, 0) is 23.5 Å². The first-order valence-corrected chi connectivity index (χ1v) is 9.87. The van der Waals surface area contributed by atoms with Crippen LogP contribution in [-0.2, 0) is 31.9 Å². The summed E-state index contributed by atoms with van der Waals surface area (Å²) in [5.74, 6) is -2.97. The molecule has 0 fully saturated rings. The van der Waals surface area contributed by atoms with E-state index in [-0.39, 0.29) is 32.4 Å². The minimum absolute atomic E-state index is 0. The van der Waals surface area contributed by atoms with Crippen LogP contribution in [0.15, 0.2) is 48.8 Å². The second-order valence-electron chi connectivity index (χ2n) is 8.57. The van der Waals surface area contributed by atoms with Crippen LogP contribution in [0, 0.1) is 35.4 Å². The van der Waals surface area contributed by atoms with E-state index in [1.807, 2.05) is 27.7 Å². The Hall–Kier alpha value is -2.73. The second-order valence-corrected chi connectivity index (χ2v) is 8.57. The van der Waals surface area contributed by atoms with Gasteiger partial charge in [0.15, 0.2) is 0 Å². The molecule has 0 aliphatic carbocycles. The molecule has 0 aliphatic rings. The van der Waals surface area contributed by atoms with Crippen LogP contribution in [0.25, 0.3) is 11.4 Å². The van der Waals surface area contributed by atoms with Gasteiger partial charge in [-0.25, -0.2) is 0 Å². The van der Waals surface area contributed by atoms with Crippen LogP contribution in [0.4, 0.5) is 17.6 Å². The summed E-state index contributed by atoms with van der Waals surface area (Å²) in [5, 5.41) is 9.01. The minimum Gasteiger partial charge on any atom is -0.284 e. The SMILES string of the molecule is CC(C)(c1ccn(-c2[c-]cc(F)cc2F)n1)C(C)(C)c1ccn(-c2[c-]cc(F)cc2F)n1.[Pt+2]. The van der Waals surface area contributed by atoms with Gasteiger partial charge in [-0.3, -0.25) is 26.9 Å². The molecular formula is C24H20F4N4Pt. The summed E-state index contributed by atoms with van der Waals surface area (Å²) in [6.45, 7) is 7.87. The predicted molar refractivity (Wildman–Crippen MR) is 111 cm³/mol. The standard InChI is InChI=1S/C24H20F4N4.Pt/c1-23(2,21-9-11-31(29-21)19-7-5-15(25)13-17(19)27)24(3,4)22-10-12-32(30-22)20-8-6-16(26)14-18(20)28;/h5-6,9-14H,1-4H3;/q-2;+2. The van der Waals surface area contributed by atoms with Gasteiger partial charge in [0.2, 0.25) is 0 Å². The summed E-state index contributed by atoms with van der Waals surface area (Å²) < 4.78 is 57.4. The number of aromatic nitrogens is 4. The Morgan fingerprint density at radius 2 is 1.06 bits per heavy atom. The van der Waals surface area contributed by atoms with E-state index in [9.17, 15) is 17.6 Å². The van der Waals surface area contributed by atoms with Crippen LogP contribution in [0.2, 0.25) is 0 Å². The maximum atomic E-state index is 14.2. The molecule has 0 N–H and O–H groups in total. The third-order valence-electron chi connectivity index (χ3n) is 6.15. The molecule has 4 nitrogen and oxygen atoms in total. The molecule has 2 aromatic carbocycles. The zero-order valence-electron chi connectivity index (χ0n) is 18.2. The van der Waals surface area contributed by atoms with Crippen LogP contribution in [0.3, 0.4) is 0 Å². The topological polar surface area (TPSA) is 35.6 Å². The van der Waals surface area contributed by atoms with Crippen LogP contribution in [0.5, 0.6) is 0 Å². The Morgan fingerprint density at radius 3 is 1.39 bits per heavy atom. The number of nitrogens with zero attached hydrogens (tertiary/aromatic N) is 4. The Bertz CT molecular complexity index is 1190. The van der Waals surface area contributed by atoms with Crippen molar-refractivity contribution in [3.8, 4) is 11.4 Å². The molecule has 2 heterocycles. The Labute approximate surface area is 203 Å². The first-order chi connectivity index (χ1) is 15.0. The van der Waals surface area contributed by atoms with E-state index in [0.717, 1.165) is 24.3 Å². The van der Waals surface area contributed by atoms with Crippen molar-refractivity contribution in [2.75, 3.05) is 0 Å². The van der Waals surface area contributed by atoms with Crippen molar-refractivity contribution in [2.45, 2.75) is 38.5 Å². The van der Waals surface area contributed by atoms with Gasteiger partial charge in [-0.15, -0.1) is 24.3 Å².